The number of hydrogen-bond acceptors (Lipinski definition) is 7. The van der Waals surface area contributed by atoms with Gasteiger partial charge in [-0.05, 0) is 6.07 Å². The average molecular weight is 393 g/mol. The number of nitrogens with zero attached hydrogens (tertiary/aromatic N) is 4. The van der Waals surface area contributed by atoms with Crippen LogP contribution in [0.5, 0.6) is 0 Å². The maximum absolute atomic E-state index is 14.0. The van der Waals surface area contributed by atoms with E-state index in [0.29, 0.717) is 17.8 Å². The third-order valence-corrected chi connectivity index (χ3v) is 4.01. The Balaban J connectivity index is 1.79. The fourth-order valence-corrected chi connectivity index (χ4v) is 2.60. The molecule has 3 rings (SSSR count). The van der Waals surface area contributed by atoms with Gasteiger partial charge in [0, 0.05) is 11.8 Å². The van der Waals surface area contributed by atoms with E-state index in [9.17, 15) is 9.50 Å². The second-order valence-corrected chi connectivity index (χ2v) is 6.04. The molecule has 10 heteroatoms. The Morgan fingerprint density at radius 3 is 2.78 bits per heavy atom. The normalized spacial score (nSPS) is 12.0. The lowest BCUT2D eigenvalue weighted by molar-refractivity contribution is 0.269. The molecule has 27 heavy (non-hydrogen) atoms. The first-order valence-corrected chi connectivity index (χ1v) is 8.53. The first-order chi connectivity index (χ1) is 13.1. The summed E-state index contributed by atoms with van der Waals surface area (Å²) in [6.07, 6.45) is 4.65. The first kappa shape index (κ1) is 19.0. The third kappa shape index (κ3) is 4.70. The van der Waals surface area contributed by atoms with Crippen LogP contribution >= 0.6 is 11.6 Å². The lowest BCUT2D eigenvalue weighted by Gasteiger charge is -2.19. The van der Waals surface area contributed by atoms with Gasteiger partial charge in [0.2, 0.25) is 5.95 Å². The molecule has 0 aliphatic carbocycles. The van der Waals surface area contributed by atoms with Crippen LogP contribution in [0, 0.1) is 5.82 Å². The smallest absolute Gasteiger partial charge is 0.229 e. The van der Waals surface area contributed by atoms with E-state index < -0.39 is 11.9 Å². The number of aromatic nitrogens is 4. The highest BCUT2D eigenvalue weighted by Crippen LogP contribution is 2.26. The summed E-state index contributed by atoms with van der Waals surface area (Å²) in [7, 11) is 0. The van der Waals surface area contributed by atoms with Crippen molar-refractivity contribution in [2.75, 3.05) is 23.8 Å². The summed E-state index contributed by atoms with van der Waals surface area (Å²) in [6, 6.07) is 5.43. The monoisotopic (exact) mass is 392 g/mol. The second kappa shape index (κ2) is 8.76. The molecule has 3 aromatic rings. The van der Waals surface area contributed by atoms with Crippen molar-refractivity contribution in [3.8, 4) is 0 Å². The van der Waals surface area contributed by atoms with Crippen LogP contribution in [0.1, 0.15) is 11.6 Å². The first-order valence-electron chi connectivity index (χ1n) is 8.15. The zero-order valence-electron chi connectivity index (χ0n) is 14.2. The maximum Gasteiger partial charge on any atom is 0.229 e. The van der Waals surface area contributed by atoms with Crippen LogP contribution in [0.25, 0.3) is 0 Å². The summed E-state index contributed by atoms with van der Waals surface area (Å²) in [5.41, 5.74) is 0.930. The van der Waals surface area contributed by atoms with Crippen molar-refractivity contribution >= 4 is 29.1 Å². The second-order valence-electron chi connectivity index (χ2n) is 5.63. The van der Waals surface area contributed by atoms with Gasteiger partial charge in [-0.2, -0.15) is 10.1 Å². The van der Waals surface area contributed by atoms with Crippen LogP contribution in [0.4, 0.5) is 21.8 Å². The van der Waals surface area contributed by atoms with Crippen molar-refractivity contribution in [1.82, 2.24) is 19.7 Å². The molecule has 0 saturated heterocycles. The Morgan fingerprint density at radius 1 is 1.22 bits per heavy atom. The highest BCUT2D eigenvalue weighted by molar-refractivity contribution is 6.32. The molecule has 0 aliphatic rings. The lowest BCUT2D eigenvalue weighted by Crippen LogP contribution is -2.17. The minimum Gasteiger partial charge on any atom is -0.394 e. The molecule has 2 heterocycles. The largest absolute Gasteiger partial charge is 0.394 e. The van der Waals surface area contributed by atoms with Crippen molar-refractivity contribution in [3.63, 3.8) is 0 Å². The van der Waals surface area contributed by atoms with Gasteiger partial charge in [0.25, 0.3) is 0 Å². The van der Waals surface area contributed by atoms with Gasteiger partial charge in [-0.3, -0.25) is 4.68 Å². The predicted octanol–water partition coefficient (Wildman–Crippen LogP) is 2.35. The number of hydrogen-bond donors (Lipinski definition) is 4. The van der Waals surface area contributed by atoms with E-state index in [1.165, 1.54) is 12.3 Å². The predicted molar refractivity (Wildman–Crippen MR) is 99.5 cm³/mol. The molecule has 0 bridgehead atoms. The molecule has 0 radical (unpaired) electrons. The molecular weight excluding hydrogens is 375 g/mol. The van der Waals surface area contributed by atoms with E-state index in [-0.39, 0.29) is 30.0 Å². The Labute approximate surface area is 159 Å². The van der Waals surface area contributed by atoms with Gasteiger partial charge in [0.1, 0.15) is 10.8 Å². The van der Waals surface area contributed by atoms with Crippen LogP contribution in [0.15, 0.2) is 42.9 Å². The summed E-state index contributed by atoms with van der Waals surface area (Å²) in [5.74, 6) is 0.0544. The zero-order valence-corrected chi connectivity index (χ0v) is 14.9. The topological polar surface area (TPSA) is 108 Å². The van der Waals surface area contributed by atoms with Crippen molar-refractivity contribution in [2.24, 2.45) is 0 Å². The van der Waals surface area contributed by atoms with Gasteiger partial charge in [0.15, 0.2) is 5.82 Å². The Morgan fingerprint density at radius 2 is 2.04 bits per heavy atom. The summed E-state index contributed by atoms with van der Waals surface area (Å²) in [4.78, 5) is 8.38. The van der Waals surface area contributed by atoms with Crippen molar-refractivity contribution < 1.29 is 14.6 Å². The van der Waals surface area contributed by atoms with Gasteiger partial charge >= 0.3 is 0 Å². The molecule has 0 amide bonds. The summed E-state index contributed by atoms with van der Waals surface area (Å²) in [5, 5.41) is 28.8. The van der Waals surface area contributed by atoms with Gasteiger partial charge in [-0.25, -0.2) is 9.37 Å². The fourth-order valence-electron chi connectivity index (χ4n) is 2.46. The van der Waals surface area contributed by atoms with Crippen molar-refractivity contribution in [2.45, 2.75) is 12.6 Å². The molecule has 1 unspecified atom stereocenters. The average Bonchev–Trinajstić information content (AvgIpc) is 3.10. The standard InChI is InChI=1S/C17H18ClFN6O2/c18-13-8-20-17(22-11-7-21-25(9-11)5-6-26)24-16(13)23-15(10-27)12-3-1-2-4-14(12)19/h1-4,7-9,15,26-27H,5-6,10H2,(H2,20,22,23,24). The number of halogens is 2. The molecular formula is C17H18ClFN6O2. The highest BCUT2D eigenvalue weighted by Gasteiger charge is 2.17. The van der Waals surface area contributed by atoms with Gasteiger partial charge in [0.05, 0.1) is 43.9 Å². The molecule has 0 aliphatic heterocycles. The molecule has 0 fully saturated rings. The highest BCUT2D eigenvalue weighted by atomic mass is 35.5. The van der Waals surface area contributed by atoms with Crippen molar-refractivity contribution in [1.29, 1.82) is 0 Å². The summed E-state index contributed by atoms with van der Waals surface area (Å²) in [6.45, 7) is -0.0000353. The number of aliphatic hydroxyl groups excluding tert-OH is 2. The molecule has 2 aromatic heterocycles. The Bertz CT molecular complexity index is 907. The third-order valence-electron chi connectivity index (χ3n) is 3.74. The van der Waals surface area contributed by atoms with E-state index >= 15 is 0 Å². The van der Waals surface area contributed by atoms with Gasteiger partial charge in [-0.1, -0.05) is 29.8 Å². The van der Waals surface area contributed by atoms with Crippen LogP contribution in [0.3, 0.4) is 0 Å². The number of nitrogens with one attached hydrogen (secondary N) is 2. The number of rotatable bonds is 8. The van der Waals surface area contributed by atoms with Crippen LogP contribution < -0.4 is 10.6 Å². The maximum atomic E-state index is 14.0. The van der Waals surface area contributed by atoms with E-state index in [0.717, 1.165) is 0 Å². The van der Waals surface area contributed by atoms with E-state index in [4.69, 9.17) is 16.7 Å². The van der Waals surface area contributed by atoms with Crippen molar-refractivity contribution in [3.05, 3.63) is 59.3 Å². The van der Waals surface area contributed by atoms with Gasteiger partial charge in [-0.15, -0.1) is 0 Å². The number of benzene rings is 1. The number of aliphatic hydroxyl groups is 2. The molecule has 4 N–H and O–H groups in total. The Kier molecular flexibility index (Phi) is 6.17. The minimum absolute atomic E-state index is 0.0226. The molecule has 0 spiro atoms. The minimum atomic E-state index is -0.723. The Hall–Kier alpha value is -2.75. The number of anilines is 3. The molecule has 1 aromatic carbocycles. The molecule has 142 valence electrons. The fraction of sp³-hybridized carbons (Fsp3) is 0.235. The van der Waals surface area contributed by atoms with E-state index in [1.807, 2.05) is 0 Å². The molecule has 1 atom stereocenters. The molecule has 0 saturated carbocycles. The summed E-state index contributed by atoms with van der Waals surface area (Å²) >= 11 is 6.14. The van der Waals surface area contributed by atoms with Crippen LogP contribution in [-0.4, -0.2) is 43.2 Å². The molecule has 8 nitrogen and oxygen atoms in total. The zero-order chi connectivity index (χ0) is 19.2. The van der Waals surface area contributed by atoms with Crippen LogP contribution in [0.2, 0.25) is 5.02 Å². The van der Waals surface area contributed by atoms with Crippen LogP contribution in [-0.2, 0) is 6.54 Å². The summed E-state index contributed by atoms with van der Waals surface area (Å²) < 4.78 is 15.6. The quantitative estimate of drug-likeness (QED) is 0.466. The SMILES string of the molecule is OCCn1cc(Nc2ncc(Cl)c(NC(CO)c3ccccc3F)n2)cn1. The van der Waals surface area contributed by atoms with E-state index in [2.05, 4.69) is 25.7 Å². The lowest BCUT2D eigenvalue weighted by atomic mass is 10.1. The van der Waals surface area contributed by atoms with E-state index in [1.54, 1.807) is 35.3 Å². The van der Waals surface area contributed by atoms with Gasteiger partial charge < -0.3 is 20.8 Å².